The Morgan fingerprint density at radius 2 is 1.36 bits per heavy atom. The number of benzene rings is 2. The molecule has 0 aliphatic heterocycles. The number of rotatable bonds is 6. The fourth-order valence-corrected chi connectivity index (χ4v) is 2.27. The van der Waals surface area contributed by atoms with Crippen LogP contribution in [0.25, 0.3) is 11.3 Å². The molecule has 0 fully saturated rings. The lowest BCUT2D eigenvalue weighted by molar-refractivity contribution is -0.385. The summed E-state index contributed by atoms with van der Waals surface area (Å²) in [6.07, 6.45) is 0. The average Bonchev–Trinajstić information content (AvgIpc) is 3.09. The summed E-state index contributed by atoms with van der Waals surface area (Å²) in [5.74, 6) is 1.28. The van der Waals surface area contributed by atoms with Gasteiger partial charge in [0, 0.05) is 35.5 Å². The van der Waals surface area contributed by atoms with Crippen molar-refractivity contribution in [3.63, 3.8) is 0 Å². The van der Waals surface area contributed by atoms with Gasteiger partial charge in [0.1, 0.15) is 11.5 Å². The third kappa shape index (κ3) is 3.81. The number of nitro benzene ring substituents is 2. The summed E-state index contributed by atoms with van der Waals surface area (Å²) in [6.45, 7) is 0.408. The van der Waals surface area contributed by atoms with Crippen molar-refractivity contribution < 1.29 is 14.3 Å². The number of hydrogen-bond acceptors (Lipinski definition) is 6. The van der Waals surface area contributed by atoms with E-state index in [2.05, 4.69) is 5.32 Å². The summed E-state index contributed by atoms with van der Waals surface area (Å²) in [6, 6.07) is 15.8. The van der Waals surface area contributed by atoms with Crippen molar-refractivity contribution in [2.45, 2.75) is 6.54 Å². The molecule has 1 N–H and O–H groups in total. The lowest BCUT2D eigenvalue weighted by Gasteiger charge is -2.04. The zero-order valence-corrected chi connectivity index (χ0v) is 12.9. The molecule has 0 amide bonds. The molecule has 0 bridgehead atoms. The first kappa shape index (κ1) is 16.2. The van der Waals surface area contributed by atoms with E-state index < -0.39 is 9.85 Å². The van der Waals surface area contributed by atoms with Crippen LogP contribution in [0.1, 0.15) is 5.76 Å². The van der Waals surface area contributed by atoms with Gasteiger partial charge in [-0.25, -0.2) is 0 Å². The van der Waals surface area contributed by atoms with Gasteiger partial charge in [-0.2, -0.15) is 0 Å². The maximum Gasteiger partial charge on any atom is 0.269 e. The molecule has 0 aliphatic rings. The van der Waals surface area contributed by atoms with Crippen LogP contribution in [-0.2, 0) is 6.54 Å². The normalized spacial score (nSPS) is 10.4. The summed E-state index contributed by atoms with van der Waals surface area (Å²) in [5, 5.41) is 24.4. The van der Waals surface area contributed by atoms with E-state index in [1.165, 1.54) is 24.3 Å². The quantitative estimate of drug-likeness (QED) is 0.527. The largest absolute Gasteiger partial charge is 0.459 e. The van der Waals surface area contributed by atoms with Crippen LogP contribution in [0.3, 0.4) is 0 Å². The molecule has 126 valence electrons. The van der Waals surface area contributed by atoms with Gasteiger partial charge in [0.15, 0.2) is 0 Å². The molecule has 0 spiro atoms. The maximum atomic E-state index is 10.7. The van der Waals surface area contributed by atoms with Gasteiger partial charge in [-0.1, -0.05) is 0 Å². The predicted octanol–water partition coefficient (Wildman–Crippen LogP) is 4.38. The van der Waals surface area contributed by atoms with Gasteiger partial charge in [-0.05, 0) is 36.4 Å². The highest BCUT2D eigenvalue weighted by Gasteiger charge is 2.09. The molecule has 0 saturated carbocycles. The highest BCUT2D eigenvalue weighted by atomic mass is 16.6. The van der Waals surface area contributed by atoms with Crippen LogP contribution >= 0.6 is 0 Å². The topological polar surface area (TPSA) is 111 Å². The molecule has 1 aromatic heterocycles. The van der Waals surface area contributed by atoms with E-state index in [1.54, 1.807) is 36.4 Å². The first-order valence-electron chi connectivity index (χ1n) is 7.35. The molecule has 1 heterocycles. The van der Waals surface area contributed by atoms with Crippen LogP contribution in [0.5, 0.6) is 0 Å². The third-order valence-corrected chi connectivity index (χ3v) is 3.57. The summed E-state index contributed by atoms with van der Waals surface area (Å²) in [4.78, 5) is 20.4. The van der Waals surface area contributed by atoms with Gasteiger partial charge < -0.3 is 9.73 Å². The molecule has 0 unspecified atom stereocenters. The maximum absolute atomic E-state index is 10.7. The Bertz CT molecular complexity index is 901. The first-order valence-corrected chi connectivity index (χ1v) is 7.35. The third-order valence-electron chi connectivity index (χ3n) is 3.57. The lowest BCUT2D eigenvalue weighted by atomic mass is 10.1. The number of non-ortho nitro benzene ring substituents is 2. The van der Waals surface area contributed by atoms with Crippen LogP contribution in [0.4, 0.5) is 17.1 Å². The minimum atomic E-state index is -0.453. The molecule has 8 heteroatoms. The summed E-state index contributed by atoms with van der Waals surface area (Å²) in [7, 11) is 0. The average molecular weight is 339 g/mol. The molecule has 25 heavy (non-hydrogen) atoms. The Kier molecular flexibility index (Phi) is 4.42. The predicted molar refractivity (Wildman–Crippen MR) is 91.2 cm³/mol. The van der Waals surface area contributed by atoms with Gasteiger partial charge in [-0.3, -0.25) is 20.2 Å². The monoisotopic (exact) mass is 339 g/mol. The molecule has 2 aromatic carbocycles. The van der Waals surface area contributed by atoms with Crippen molar-refractivity contribution >= 4 is 17.1 Å². The Morgan fingerprint density at radius 1 is 0.800 bits per heavy atom. The van der Waals surface area contributed by atoms with Crippen molar-refractivity contribution in [3.05, 3.63) is 86.7 Å². The second kappa shape index (κ2) is 6.83. The Morgan fingerprint density at radius 3 is 1.92 bits per heavy atom. The van der Waals surface area contributed by atoms with E-state index >= 15 is 0 Å². The van der Waals surface area contributed by atoms with E-state index in [-0.39, 0.29) is 11.4 Å². The number of nitro groups is 2. The van der Waals surface area contributed by atoms with Crippen molar-refractivity contribution in [3.8, 4) is 11.3 Å². The molecular formula is C17H13N3O5. The highest BCUT2D eigenvalue weighted by molar-refractivity contribution is 5.59. The Balaban J connectivity index is 1.65. The zero-order valence-electron chi connectivity index (χ0n) is 12.9. The summed E-state index contributed by atoms with van der Waals surface area (Å²) < 4.78 is 5.71. The van der Waals surface area contributed by atoms with E-state index in [9.17, 15) is 20.2 Å². The second-order valence-corrected chi connectivity index (χ2v) is 5.23. The molecular weight excluding hydrogens is 326 g/mol. The number of anilines is 1. The molecule has 0 radical (unpaired) electrons. The number of hydrogen-bond donors (Lipinski definition) is 1. The van der Waals surface area contributed by atoms with Crippen molar-refractivity contribution in [1.82, 2.24) is 0 Å². The number of furan rings is 1. The minimum Gasteiger partial charge on any atom is -0.459 e. The minimum absolute atomic E-state index is 0.0235. The van der Waals surface area contributed by atoms with E-state index in [0.717, 1.165) is 11.3 Å². The van der Waals surface area contributed by atoms with Gasteiger partial charge >= 0.3 is 0 Å². The molecule has 3 aromatic rings. The van der Waals surface area contributed by atoms with Gasteiger partial charge in [0.2, 0.25) is 0 Å². The van der Waals surface area contributed by atoms with Crippen molar-refractivity contribution in [2.24, 2.45) is 0 Å². The number of nitrogens with zero attached hydrogens (tertiary/aromatic N) is 2. The van der Waals surface area contributed by atoms with Crippen LogP contribution < -0.4 is 5.32 Å². The SMILES string of the molecule is O=[N+]([O-])c1ccc(NCc2ccc(-c3ccc([N+](=O)[O-])cc3)o2)cc1. The van der Waals surface area contributed by atoms with E-state index in [4.69, 9.17) is 4.42 Å². The van der Waals surface area contributed by atoms with Crippen LogP contribution in [0, 0.1) is 20.2 Å². The fourth-order valence-electron chi connectivity index (χ4n) is 2.27. The van der Waals surface area contributed by atoms with Crippen molar-refractivity contribution in [2.75, 3.05) is 5.32 Å². The molecule has 0 aliphatic carbocycles. The molecule has 0 saturated heterocycles. The highest BCUT2D eigenvalue weighted by Crippen LogP contribution is 2.25. The zero-order chi connectivity index (χ0) is 17.8. The van der Waals surface area contributed by atoms with Gasteiger partial charge in [0.05, 0.1) is 16.4 Å². The van der Waals surface area contributed by atoms with Crippen molar-refractivity contribution in [1.29, 1.82) is 0 Å². The van der Waals surface area contributed by atoms with Crippen LogP contribution in [-0.4, -0.2) is 9.85 Å². The molecule has 3 rings (SSSR count). The van der Waals surface area contributed by atoms with Gasteiger partial charge in [0.25, 0.3) is 11.4 Å². The second-order valence-electron chi connectivity index (χ2n) is 5.23. The Labute approximate surface area is 142 Å². The van der Waals surface area contributed by atoms with E-state index in [0.29, 0.717) is 18.1 Å². The molecule has 0 atom stereocenters. The number of nitrogens with one attached hydrogen (secondary N) is 1. The Hall–Kier alpha value is -3.68. The smallest absolute Gasteiger partial charge is 0.269 e. The molecule has 8 nitrogen and oxygen atoms in total. The van der Waals surface area contributed by atoms with Crippen LogP contribution in [0.2, 0.25) is 0 Å². The van der Waals surface area contributed by atoms with E-state index in [1.807, 2.05) is 0 Å². The first-order chi connectivity index (χ1) is 12.0. The summed E-state index contributed by atoms with van der Waals surface area (Å²) in [5.41, 5.74) is 1.53. The van der Waals surface area contributed by atoms with Crippen LogP contribution in [0.15, 0.2) is 65.1 Å². The standard InChI is InChI=1S/C17H13N3O5/c21-19(22)14-5-1-12(2-6-14)17-10-9-16(25-17)11-18-13-3-7-15(8-4-13)20(23)24/h1-10,18H,11H2. The van der Waals surface area contributed by atoms with Gasteiger partial charge in [-0.15, -0.1) is 0 Å². The lowest BCUT2D eigenvalue weighted by Crippen LogP contribution is -1.98. The fraction of sp³-hybridized carbons (Fsp3) is 0.0588. The summed E-state index contributed by atoms with van der Waals surface area (Å²) >= 11 is 0.